The van der Waals surface area contributed by atoms with Crippen LogP contribution in [0.5, 0.6) is 0 Å². The predicted molar refractivity (Wildman–Crippen MR) is 133 cm³/mol. The summed E-state index contributed by atoms with van der Waals surface area (Å²) in [5.41, 5.74) is 3.48. The van der Waals surface area contributed by atoms with Crippen LogP contribution in [0.1, 0.15) is 32.6 Å². The maximum Gasteiger partial charge on any atom is 0.323 e. The van der Waals surface area contributed by atoms with Gasteiger partial charge in [0.25, 0.3) is 0 Å². The van der Waals surface area contributed by atoms with E-state index < -0.39 is 12.1 Å². The van der Waals surface area contributed by atoms with E-state index in [1.807, 2.05) is 6.08 Å². The van der Waals surface area contributed by atoms with E-state index >= 15 is 0 Å². The minimum absolute atomic E-state index is 0.216. The van der Waals surface area contributed by atoms with E-state index in [1.165, 1.54) is 22.2 Å². The van der Waals surface area contributed by atoms with Gasteiger partial charge in [-0.1, -0.05) is 24.6 Å². The second-order valence-electron chi connectivity index (χ2n) is 8.95. The molecule has 9 heteroatoms. The molecule has 4 rings (SSSR count). The predicted octanol–water partition coefficient (Wildman–Crippen LogP) is 3.73. The van der Waals surface area contributed by atoms with Gasteiger partial charge in [0.1, 0.15) is 11.9 Å². The van der Waals surface area contributed by atoms with E-state index in [-0.39, 0.29) is 12.0 Å². The minimum Gasteiger partial charge on any atom is -0.380 e. The van der Waals surface area contributed by atoms with Crippen molar-refractivity contribution in [3.63, 3.8) is 0 Å². The van der Waals surface area contributed by atoms with Gasteiger partial charge in [0, 0.05) is 44.6 Å². The second kappa shape index (κ2) is 10.7. The maximum absolute atomic E-state index is 13.3. The average molecular weight is 486 g/mol. The highest BCUT2D eigenvalue weighted by Gasteiger charge is 2.40. The number of aromatic nitrogens is 1. The van der Waals surface area contributed by atoms with Gasteiger partial charge in [-0.25, -0.2) is 9.78 Å². The number of nitrogens with zero attached hydrogens (tertiary/aromatic N) is 3. The number of likely N-dealkylation sites (tertiary alicyclic amines) is 1. The lowest BCUT2D eigenvalue weighted by atomic mass is 9.89. The third-order valence-corrected chi connectivity index (χ3v) is 7.05. The molecule has 0 bridgehead atoms. The fraction of sp³-hybridized carbons (Fsp3) is 0.480. The molecule has 1 fully saturated rings. The molecule has 3 amide bonds. The normalized spacial score (nSPS) is 25.0. The van der Waals surface area contributed by atoms with Crippen molar-refractivity contribution in [1.82, 2.24) is 20.1 Å². The first-order valence-corrected chi connectivity index (χ1v) is 12.1. The number of anilines is 1. The molecule has 2 aliphatic heterocycles. The summed E-state index contributed by atoms with van der Waals surface area (Å²) >= 11 is 5.88. The number of hydrogen-bond acceptors (Lipinski definition) is 5. The number of urea groups is 1. The highest BCUT2D eigenvalue weighted by Crippen LogP contribution is 2.31. The zero-order chi connectivity index (χ0) is 24.2. The molecule has 0 saturated carbocycles. The summed E-state index contributed by atoms with van der Waals surface area (Å²) in [7, 11) is 3.76. The number of likely N-dealkylation sites (N-methyl/N-ethyl adjacent to an activating group) is 1. The first-order chi connectivity index (χ1) is 16.4. The number of carbonyl (C=O) groups is 2. The number of methoxy groups -OCH3 is 1. The Bertz CT molecular complexity index is 1020. The summed E-state index contributed by atoms with van der Waals surface area (Å²) in [6.07, 6.45) is 10.7. The number of allylic oxidation sites excluding steroid dienone is 3. The van der Waals surface area contributed by atoms with Crippen molar-refractivity contribution in [2.45, 2.75) is 50.8 Å². The molecule has 1 aromatic heterocycles. The number of pyridine rings is 1. The Hall–Kier alpha value is -2.68. The Morgan fingerprint density at radius 3 is 2.82 bits per heavy atom. The molecule has 1 aliphatic carbocycles. The molecule has 3 aliphatic rings. The van der Waals surface area contributed by atoms with Crippen LogP contribution in [0.2, 0.25) is 5.02 Å². The molecule has 0 radical (unpaired) electrons. The highest BCUT2D eigenvalue weighted by molar-refractivity contribution is 6.30. The van der Waals surface area contributed by atoms with Crippen LogP contribution in [0, 0.1) is 0 Å². The van der Waals surface area contributed by atoms with E-state index in [1.54, 1.807) is 19.2 Å². The van der Waals surface area contributed by atoms with Crippen LogP contribution in [-0.2, 0) is 9.53 Å². The van der Waals surface area contributed by atoms with E-state index in [0.29, 0.717) is 29.8 Å². The summed E-state index contributed by atoms with van der Waals surface area (Å²) in [5, 5.41) is 6.28. The van der Waals surface area contributed by atoms with Crippen molar-refractivity contribution in [3.05, 3.63) is 58.4 Å². The van der Waals surface area contributed by atoms with Crippen LogP contribution < -0.4 is 10.6 Å². The van der Waals surface area contributed by atoms with Gasteiger partial charge in [-0.05, 0) is 61.7 Å². The molecule has 3 atom stereocenters. The van der Waals surface area contributed by atoms with Gasteiger partial charge < -0.3 is 15.0 Å². The van der Waals surface area contributed by atoms with Crippen molar-refractivity contribution >= 4 is 29.4 Å². The molecule has 0 spiro atoms. The fourth-order valence-corrected chi connectivity index (χ4v) is 5.12. The number of carbonyl (C=O) groups excluding carboxylic acids is 2. The van der Waals surface area contributed by atoms with Crippen molar-refractivity contribution in [1.29, 1.82) is 0 Å². The summed E-state index contributed by atoms with van der Waals surface area (Å²) < 4.78 is 5.48. The lowest BCUT2D eigenvalue weighted by Crippen LogP contribution is -2.47. The topological polar surface area (TPSA) is 86.8 Å². The van der Waals surface area contributed by atoms with Crippen LogP contribution in [-0.4, -0.2) is 72.2 Å². The van der Waals surface area contributed by atoms with Crippen molar-refractivity contribution in [2.75, 3.05) is 32.6 Å². The molecule has 3 heterocycles. The van der Waals surface area contributed by atoms with Gasteiger partial charge in [-0.3, -0.25) is 15.0 Å². The second-order valence-corrected chi connectivity index (χ2v) is 9.39. The van der Waals surface area contributed by atoms with Crippen LogP contribution in [0.4, 0.5) is 10.6 Å². The summed E-state index contributed by atoms with van der Waals surface area (Å²) in [6, 6.07) is 2.65. The Labute approximate surface area is 205 Å². The Balaban J connectivity index is 1.49. The van der Waals surface area contributed by atoms with Crippen LogP contribution >= 0.6 is 11.6 Å². The van der Waals surface area contributed by atoms with E-state index in [9.17, 15) is 9.59 Å². The third-order valence-electron chi connectivity index (χ3n) is 6.82. The minimum atomic E-state index is -0.649. The Morgan fingerprint density at radius 2 is 2.12 bits per heavy atom. The van der Waals surface area contributed by atoms with Gasteiger partial charge in [0.15, 0.2) is 0 Å². The zero-order valence-electron chi connectivity index (χ0n) is 19.9. The van der Waals surface area contributed by atoms with Gasteiger partial charge in [-0.2, -0.15) is 0 Å². The quantitative estimate of drug-likeness (QED) is 0.663. The lowest BCUT2D eigenvalue weighted by Gasteiger charge is -2.35. The number of hydrogen-bond donors (Lipinski definition) is 2. The van der Waals surface area contributed by atoms with Crippen LogP contribution in [0.3, 0.4) is 0 Å². The van der Waals surface area contributed by atoms with Crippen molar-refractivity contribution in [2.24, 2.45) is 0 Å². The van der Waals surface area contributed by atoms with E-state index in [4.69, 9.17) is 16.3 Å². The van der Waals surface area contributed by atoms with Crippen LogP contribution in [0.25, 0.3) is 0 Å². The number of nitrogens with one attached hydrogen (secondary N) is 2. The number of halogens is 1. The van der Waals surface area contributed by atoms with Crippen LogP contribution in [0.15, 0.2) is 53.4 Å². The van der Waals surface area contributed by atoms with E-state index in [2.05, 4.69) is 46.6 Å². The third kappa shape index (κ3) is 5.35. The molecular weight excluding hydrogens is 454 g/mol. The maximum atomic E-state index is 13.3. The molecule has 1 aromatic rings. The largest absolute Gasteiger partial charge is 0.380 e. The Morgan fingerprint density at radius 1 is 1.29 bits per heavy atom. The molecule has 2 N–H and O–H groups in total. The van der Waals surface area contributed by atoms with Gasteiger partial charge in [0.2, 0.25) is 5.91 Å². The standard InChI is InChI=1S/C25H32ClN5O3/c1-4-21-20-7-5-6-18(12-16(20)10-11-30(21)2)28-24(32)22-13-19(34-3)15-31(22)25(33)29-23-9-8-17(26)14-27-23/h5-6,8-9,12,14,19,21-22H,4,7,10-11,13,15H2,1-3H3,(H,28,32)(H,27,29,33). The zero-order valence-corrected chi connectivity index (χ0v) is 20.6. The first kappa shape index (κ1) is 24.4. The molecule has 34 heavy (non-hydrogen) atoms. The molecule has 8 nitrogen and oxygen atoms in total. The smallest absolute Gasteiger partial charge is 0.323 e. The average Bonchev–Trinajstić information content (AvgIpc) is 3.17. The summed E-state index contributed by atoms with van der Waals surface area (Å²) in [6.45, 7) is 3.53. The highest BCUT2D eigenvalue weighted by atomic mass is 35.5. The fourth-order valence-electron chi connectivity index (χ4n) is 5.01. The molecular formula is C25H32ClN5O3. The molecule has 182 valence electrons. The number of ether oxygens (including phenoxy) is 1. The Kier molecular flexibility index (Phi) is 7.70. The number of amides is 3. The summed E-state index contributed by atoms with van der Waals surface area (Å²) in [4.78, 5) is 34.3. The molecule has 3 unspecified atom stereocenters. The monoisotopic (exact) mass is 485 g/mol. The first-order valence-electron chi connectivity index (χ1n) is 11.7. The van der Waals surface area contributed by atoms with Crippen molar-refractivity contribution in [3.8, 4) is 0 Å². The number of rotatable bonds is 5. The lowest BCUT2D eigenvalue weighted by molar-refractivity contribution is -0.123. The molecule has 0 aromatic carbocycles. The van der Waals surface area contributed by atoms with E-state index in [0.717, 1.165) is 31.5 Å². The van der Waals surface area contributed by atoms with Crippen molar-refractivity contribution < 1.29 is 14.3 Å². The van der Waals surface area contributed by atoms with Gasteiger partial charge >= 0.3 is 6.03 Å². The summed E-state index contributed by atoms with van der Waals surface area (Å²) in [5.74, 6) is 0.148. The van der Waals surface area contributed by atoms with Gasteiger partial charge in [0.05, 0.1) is 11.1 Å². The molecule has 1 saturated heterocycles. The van der Waals surface area contributed by atoms with Gasteiger partial charge in [-0.15, -0.1) is 0 Å². The SMILES string of the molecule is CCC1C2=C(C=C(NC(=O)C3CC(OC)CN3C(=O)Nc3ccc(Cl)cn3)C=CC2)CCN1C.